The van der Waals surface area contributed by atoms with Crippen LogP contribution in [0.15, 0.2) is 194 Å². The summed E-state index contributed by atoms with van der Waals surface area (Å²) in [4.78, 5) is 2.32. The van der Waals surface area contributed by atoms with Crippen molar-refractivity contribution in [1.29, 1.82) is 0 Å². The maximum Gasteiger partial charge on any atom is 0.0541 e. The molecule has 0 bridgehead atoms. The second-order valence-electron chi connectivity index (χ2n) is 17.6. The van der Waals surface area contributed by atoms with E-state index in [1.54, 1.807) is 0 Å². The van der Waals surface area contributed by atoms with Gasteiger partial charge in [0.2, 0.25) is 0 Å². The second kappa shape index (κ2) is 14.7. The number of para-hydroxylation sites is 1. The Morgan fingerprint density at radius 2 is 0.655 bits per heavy atom. The van der Waals surface area contributed by atoms with Crippen LogP contribution in [0.5, 0.6) is 0 Å². The molecule has 0 saturated carbocycles. The topological polar surface area (TPSA) is 8.17 Å². The molecule has 0 radical (unpaired) electrons. The van der Waals surface area contributed by atoms with Crippen LogP contribution in [0.25, 0.3) is 60.9 Å². The molecule has 1 heterocycles. The first-order chi connectivity index (χ1) is 28.0. The monoisotopic (exact) mass is 750 g/mol. The van der Waals surface area contributed by atoms with Gasteiger partial charge in [0.25, 0.3) is 0 Å². The highest BCUT2D eigenvalue weighted by Crippen LogP contribution is 2.39. The van der Waals surface area contributed by atoms with Crippen LogP contribution in [0.3, 0.4) is 0 Å². The lowest BCUT2D eigenvalue weighted by Crippen LogP contribution is -2.10. The van der Waals surface area contributed by atoms with Gasteiger partial charge in [0, 0.05) is 33.5 Å². The molecule has 0 aliphatic heterocycles. The van der Waals surface area contributed by atoms with Crippen molar-refractivity contribution in [2.24, 2.45) is 0 Å². The van der Waals surface area contributed by atoms with E-state index >= 15 is 0 Å². The highest BCUT2D eigenvalue weighted by atomic mass is 15.1. The summed E-state index contributed by atoms with van der Waals surface area (Å²) in [5.41, 5.74) is 17.1. The fourth-order valence-electron chi connectivity index (χ4n) is 8.15. The smallest absolute Gasteiger partial charge is 0.0541 e. The number of anilines is 3. The van der Waals surface area contributed by atoms with Crippen LogP contribution < -0.4 is 4.90 Å². The van der Waals surface area contributed by atoms with Crippen LogP contribution >= 0.6 is 0 Å². The Bertz CT molecular complexity index is 2760. The van der Waals surface area contributed by atoms with Gasteiger partial charge >= 0.3 is 0 Å². The van der Waals surface area contributed by atoms with Gasteiger partial charge in [0.1, 0.15) is 0 Å². The van der Waals surface area contributed by atoms with Crippen molar-refractivity contribution < 1.29 is 0 Å². The molecule has 0 spiro atoms. The van der Waals surface area contributed by atoms with E-state index in [9.17, 15) is 0 Å². The molecule has 0 amide bonds. The SMILES string of the molecule is CC(C)(C)c1ccc2c(c1)c1cc(C(C)(C)C)ccc1n2-c1ccc(-c2ccc(-c3ccc(N(c4ccccc4)c4ccc(-c5ccccc5)cc4)cc3)cc2)cc1. The van der Waals surface area contributed by atoms with E-state index in [1.807, 2.05) is 0 Å². The van der Waals surface area contributed by atoms with Crippen LogP contribution in [0.4, 0.5) is 17.1 Å². The number of fused-ring (bicyclic) bond motifs is 3. The van der Waals surface area contributed by atoms with Gasteiger partial charge in [-0.15, -0.1) is 0 Å². The summed E-state index contributed by atoms with van der Waals surface area (Å²) in [5, 5.41) is 2.62. The first kappa shape index (κ1) is 37.0. The maximum atomic E-state index is 2.43. The molecule has 2 nitrogen and oxygen atoms in total. The van der Waals surface area contributed by atoms with Crippen LogP contribution in [-0.2, 0) is 10.8 Å². The van der Waals surface area contributed by atoms with E-state index in [1.165, 1.54) is 72.0 Å². The molecule has 0 aliphatic carbocycles. The number of hydrogen-bond donors (Lipinski definition) is 0. The molecule has 8 aromatic carbocycles. The summed E-state index contributed by atoms with van der Waals surface area (Å²) in [5.74, 6) is 0. The molecule has 9 aromatic rings. The van der Waals surface area contributed by atoms with Gasteiger partial charge in [0.05, 0.1) is 11.0 Å². The summed E-state index contributed by atoms with van der Waals surface area (Å²) >= 11 is 0. The van der Waals surface area contributed by atoms with Gasteiger partial charge in [0.15, 0.2) is 0 Å². The van der Waals surface area contributed by atoms with Gasteiger partial charge in [-0.05, 0) is 128 Å². The van der Waals surface area contributed by atoms with Crippen molar-refractivity contribution in [3.8, 4) is 39.1 Å². The lowest BCUT2D eigenvalue weighted by molar-refractivity contribution is 0.590. The third kappa shape index (κ3) is 7.12. The standard InChI is InChI=1S/C56H50N2/c1-55(2,3)45-27-35-53-51(37-45)52-38-46(56(4,5)6)28-36-54(52)58(53)50-33-25-44(26-34-50)41-19-17-40(18-20-41)43-23-31-49(32-24-43)57(47-15-11-8-12-16-47)48-29-21-42(22-30-48)39-13-9-7-10-14-39/h7-38H,1-6H3. The minimum Gasteiger partial charge on any atom is -0.311 e. The van der Waals surface area contributed by atoms with Gasteiger partial charge < -0.3 is 9.47 Å². The normalized spacial score (nSPS) is 12.0. The summed E-state index contributed by atoms with van der Waals surface area (Å²) in [7, 11) is 0. The zero-order chi connectivity index (χ0) is 40.0. The van der Waals surface area contributed by atoms with Gasteiger partial charge in [-0.3, -0.25) is 0 Å². The van der Waals surface area contributed by atoms with Gasteiger partial charge in [-0.25, -0.2) is 0 Å². The summed E-state index contributed by atoms with van der Waals surface area (Å²) in [6.45, 7) is 13.8. The molecule has 0 N–H and O–H groups in total. The molecule has 0 saturated heterocycles. The Kier molecular flexibility index (Phi) is 9.37. The average molecular weight is 751 g/mol. The number of aromatic nitrogens is 1. The molecule has 0 unspecified atom stereocenters. The third-order valence-corrected chi connectivity index (χ3v) is 11.5. The summed E-state index contributed by atoms with van der Waals surface area (Å²) in [6.07, 6.45) is 0. The largest absolute Gasteiger partial charge is 0.311 e. The van der Waals surface area contributed by atoms with Crippen molar-refractivity contribution in [3.63, 3.8) is 0 Å². The average Bonchev–Trinajstić information content (AvgIpc) is 3.58. The van der Waals surface area contributed by atoms with Crippen molar-refractivity contribution in [3.05, 3.63) is 205 Å². The number of rotatable bonds is 7. The van der Waals surface area contributed by atoms with Gasteiger partial charge in [-0.1, -0.05) is 163 Å². The molecule has 2 heteroatoms. The Morgan fingerprint density at radius 1 is 0.328 bits per heavy atom. The lowest BCUT2D eigenvalue weighted by atomic mass is 9.85. The first-order valence-corrected chi connectivity index (χ1v) is 20.4. The third-order valence-electron chi connectivity index (χ3n) is 11.5. The minimum atomic E-state index is 0.0745. The number of benzene rings is 8. The lowest BCUT2D eigenvalue weighted by Gasteiger charge is -2.26. The van der Waals surface area contributed by atoms with Crippen molar-refractivity contribution in [2.45, 2.75) is 52.4 Å². The highest BCUT2D eigenvalue weighted by molar-refractivity contribution is 6.10. The van der Waals surface area contributed by atoms with Crippen LogP contribution in [0.1, 0.15) is 52.7 Å². The van der Waals surface area contributed by atoms with Crippen LogP contribution in [0, 0.1) is 0 Å². The zero-order valence-corrected chi connectivity index (χ0v) is 34.4. The van der Waals surface area contributed by atoms with Crippen LogP contribution in [0.2, 0.25) is 0 Å². The molecule has 0 fully saturated rings. The summed E-state index contributed by atoms with van der Waals surface area (Å²) < 4.78 is 2.43. The fraction of sp³-hybridized carbons (Fsp3) is 0.143. The van der Waals surface area contributed by atoms with E-state index in [-0.39, 0.29) is 10.8 Å². The molecule has 0 aliphatic rings. The predicted octanol–water partition coefficient (Wildman–Crippen LogP) is 15.8. The zero-order valence-electron chi connectivity index (χ0n) is 34.4. The van der Waals surface area contributed by atoms with Crippen LogP contribution in [-0.4, -0.2) is 4.57 Å². The Balaban J connectivity index is 0.987. The first-order valence-electron chi connectivity index (χ1n) is 20.4. The van der Waals surface area contributed by atoms with E-state index in [2.05, 4.69) is 245 Å². The summed E-state index contributed by atoms with van der Waals surface area (Å²) in [6, 6.07) is 70.9. The fourth-order valence-corrected chi connectivity index (χ4v) is 8.15. The molecule has 1 aromatic heterocycles. The maximum absolute atomic E-state index is 2.43. The molecular formula is C56H50N2. The van der Waals surface area contributed by atoms with E-state index in [4.69, 9.17) is 0 Å². The number of nitrogens with zero attached hydrogens (tertiary/aromatic N) is 2. The predicted molar refractivity (Wildman–Crippen MR) is 249 cm³/mol. The Labute approximate surface area is 343 Å². The molecule has 284 valence electrons. The van der Waals surface area contributed by atoms with Crippen molar-refractivity contribution >= 4 is 38.9 Å². The quantitative estimate of drug-likeness (QED) is 0.157. The number of hydrogen-bond acceptors (Lipinski definition) is 1. The van der Waals surface area contributed by atoms with E-state index < -0.39 is 0 Å². The van der Waals surface area contributed by atoms with Crippen molar-refractivity contribution in [2.75, 3.05) is 4.90 Å². The molecule has 0 atom stereocenters. The van der Waals surface area contributed by atoms with Crippen molar-refractivity contribution in [1.82, 2.24) is 4.57 Å². The molecular weight excluding hydrogens is 701 g/mol. The molecule has 9 rings (SSSR count). The highest BCUT2D eigenvalue weighted by Gasteiger charge is 2.21. The molecule has 58 heavy (non-hydrogen) atoms. The van der Waals surface area contributed by atoms with Gasteiger partial charge in [-0.2, -0.15) is 0 Å². The Morgan fingerprint density at radius 3 is 1.05 bits per heavy atom. The minimum absolute atomic E-state index is 0.0745. The second-order valence-corrected chi connectivity index (χ2v) is 17.6. The van der Waals surface area contributed by atoms with E-state index in [0.717, 1.165) is 17.1 Å². The van der Waals surface area contributed by atoms with E-state index in [0.29, 0.717) is 0 Å². The Hall–Kier alpha value is -6.64.